The molecule has 0 unspecified atom stereocenters. The van der Waals surface area contributed by atoms with Gasteiger partial charge in [0.2, 0.25) is 0 Å². The molecule has 184 valence electrons. The van der Waals surface area contributed by atoms with Crippen molar-refractivity contribution in [2.75, 3.05) is 13.1 Å². The summed E-state index contributed by atoms with van der Waals surface area (Å²) >= 11 is 8.15. The van der Waals surface area contributed by atoms with Crippen molar-refractivity contribution < 1.29 is 22.4 Å². The predicted octanol–water partition coefficient (Wildman–Crippen LogP) is 6.41. The lowest BCUT2D eigenvalue weighted by atomic mass is 10.0. The van der Waals surface area contributed by atoms with Crippen LogP contribution in [0.25, 0.3) is 0 Å². The van der Waals surface area contributed by atoms with E-state index in [9.17, 15) is 22.4 Å². The Kier molecular flexibility index (Phi) is 8.04. The summed E-state index contributed by atoms with van der Waals surface area (Å²) in [7, 11) is 0. The number of amides is 1. The first kappa shape index (κ1) is 25.5. The smallest absolute Gasteiger partial charge is 0.348 e. The van der Waals surface area contributed by atoms with E-state index in [0.29, 0.717) is 17.4 Å². The number of nitrogens with one attached hydrogen (secondary N) is 2. The number of carbonyl (C=O) groups excluding carboxylic acids is 1. The zero-order valence-corrected chi connectivity index (χ0v) is 20.2. The number of rotatable bonds is 6. The van der Waals surface area contributed by atoms with Gasteiger partial charge in [0.1, 0.15) is 5.82 Å². The van der Waals surface area contributed by atoms with Crippen molar-refractivity contribution in [1.29, 1.82) is 0 Å². The second kappa shape index (κ2) is 11.0. The van der Waals surface area contributed by atoms with E-state index >= 15 is 0 Å². The number of benzene rings is 3. The zero-order valence-electron chi connectivity index (χ0n) is 18.6. The Bertz CT molecular complexity index is 1220. The predicted molar refractivity (Wildman–Crippen MR) is 130 cm³/mol. The van der Waals surface area contributed by atoms with E-state index in [2.05, 4.69) is 16.7 Å². The number of halogens is 5. The number of carbonyl (C=O) groups is 1. The Hall–Kier alpha value is -2.55. The molecule has 0 atom stereocenters. The molecule has 3 nitrogen and oxygen atoms in total. The van der Waals surface area contributed by atoms with Gasteiger partial charge < -0.3 is 10.6 Å². The van der Waals surface area contributed by atoms with Crippen LogP contribution in [0, 0.1) is 5.82 Å². The van der Waals surface area contributed by atoms with Crippen LogP contribution in [0.5, 0.6) is 0 Å². The third-order valence-corrected chi connectivity index (χ3v) is 7.51. The van der Waals surface area contributed by atoms with Crippen LogP contribution in [0.1, 0.15) is 38.2 Å². The average molecular weight is 523 g/mol. The van der Waals surface area contributed by atoms with Gasteiger partial charge in [0.15, 0.2) is 0 Å². The normalized spacial score (nSPS) is 13.7. The van der Waals surface area contributed by atoms with Gasteiger partial charge in [0, 0.05) is 22.8 Å². The molecular formula is C26H23ClF4N2OS. The summed E-state index contributed by atoms with van der Waals surface area (Å²) in [6, 6.07) is 13.3. The molecule has 3 aromatic carbocycles. The molecule has 1 amide bonds. The molecule has 35 heavy (non-hydrogen) atoms. The number of thioether (sulfide) groups is 1. The van der Waals surface area contributed by atoms with Gasteiger partial charge in [0.25, 0.3) is 5.91 Å². The lowest BCUT2D eigenvalue weighted by molar-refractivity contribution is -0.138. The summed E-state index contributed by atoms with van der Waals surface area (Å²) in [5, 5.41) is 6.61. The number of hydrogen-bond acceptors (Lipinski definition) is 3. The number of fused-ring (bicyclic) bond motifs is 1. The van der Waals surface area contributed by atoms with E-state index in [4.69, 9.17) is 11.6 Å². The van der Waals surface area contributed by atoms with Gasteiger partial charge in [-0.3, -0.25) is 4.79 Å². The van der Waals surface area contributed by atoms with Crippen LogP contribution in [-0.4, -0.2) is 19.0 Å². The molecule has 3 aromatic rings. The standard InChI is InChI=1S/C26H23ClF4N2OS/c27-23-8-6-17-9-11-32-12-10-21(17)24(23)35-15-16-1-3-18(4-2-16)25(34)33-14-19-5-7-20(28)13-22(19)26(29,30)31/h1-8,13,32H,9-12,14-15H2,(H,33,34). The second-order valence-corrected chi connectivity index (χ2v) is 9.62. The van der Waals surface area contributed by atoms with Gasteiger partial charge in [0.05, 0.1) is 10.6 Å². The largest absolute Gasteiger partial charge is 0.416 e. The molecular weight excluding hydrogens is 500 g/mol. The maximum absolute atomic E-state index is 13.3. The summed E-state index contributed by atoms with van der Waals surface area (Å²) in [4.78, 5) is 13.6. The highest BCUT2D eigenvalue weighted by molar-refractivity contribution is 7.98. The fourth-order valence-electron chi connectivity index (χ4n) is 4.02. The van der Waals surface area contributed by atoms with Crippen molar-refractivity contribution in [3.63, 3.8) is 0 Å². The van der Waals surface area contributed by atoms with E-state index in [1.807, 2.05) is 18.2 Å². The first-order valence-corrected chi connectivity index (χ1v) is 12.5. The lowest BCUT2D eigenvalue weighted by Crippen LogP contribution is -2.24. The Labute approximate surface area is 210 Å². The van der Waals surface area contributed by atoms with Crippen molar-refractivity contribution in [3.05, 3.63) is 98.8 Å². The highest BCUT2D eigenvalue weighted by Gasteiger charge is 2.33. The van der Waals surface area contributed by atoms with Gasteiger partial charge >= 0.3 is 6.18 Å². The molecule has 9 heteroatoms. The fraction of sp³-hybridized carbons (Fsp3) is 0.269. The molecule has 2 N–H and O–H groups in total. The molecule has 0 radical (unpaired) electrons. The Morgan fingerprint density at radius 2 is 1.77 bits per heavy atom. The van der Waals surface area contributed by atoms with E-state index in [0.717, 1.165) is 53.5 Å². The highest BCUT2D eigenvalue weighted by atomic mass is 35.5. The van der Waals surface area contributed by atoms with Crippen molar-refractivity contribution in [2.24, 2.45) is 0 Å². The van der Waals surface area contributed by atoms with E-state index < -0.39 is 23.5 Å². The van der Waals surface area contributed by atoms with E-state index in [1.165, 1.54) is 11.1 Å². The Morgan fingerprint density at radius 3 is 2.51 bits per heavy atom. The van der Waals surface area contributed by atoms with Crippen LogP contribution < -0.4 is 10.6 Å². The van der Waals surface area contributed by atoms with Gasteiger partial charge in [-0.05, 0) is 78.5 Å². The van der Waals surface area contributed by atoms with Gasteiger partial charge in [-0.15, -0.1) is 11.8 Å². The van der Waals surface area contributed by atoms with Crippen molar-refractivity contribution in [2.45, 2.75) is 36.2 Å². The molecule has 0 fully saturated rings. The van der Waals surface area contributed by atoms with E-state index in [1.54, 1.807) is 23.9 Å². The minimum atomic E-state index is -4.71. The monoisotopic (exact) mass is 522 g/mol. The van der Waals surface area contributed by atoms with Crippen LogP contribution in [0.4, 0.5) is 17.6 Å². The van der Waals surface area contributed by atoms with Gasteiger partial charge in [-0.1, -0.05) is 35.9 Å². The fourth-order valence-corrected chi connectivity index (χ4v) is 5.48. The van der Waals surface area contributed by atoms with Gasteiger partial charge in [-0.25, -0.2) is 4.39 Å². The summed E-state index contributed by atoms with van der Waals surface area (Å²) in [6.07, 6.45) is -2.83. The van der Waals surface area contributed by atoms with Gasteiger partial charge in [-0.2, -0.15) is 13.2 Å². The van der Waals surface area contributed by atoms with Crippen LogP contribution in [0.2, 0.25) is 5.02 Å². The van der Waals surface area contributed by atoms with E-state index in [-0.39, 0.29) is 12.1 Å². The molecule has 0 spiro atoms. The molecule has 1 aliphatic heterocycles. The lowest BCUT2D eigenvalue weighted by Gasteiger charge is -2.14. The molecule has 1 aliphatic rings. The first-order valence-electron chi connectivity index (χ1n) is 11.1. The van der Waals surface area contributed by atoms with Crippen LogP contribution in [-0.2, 0) is 31.3 Å². The minimum Gasteiger partial charge on any atom is -0.348 e. The third kappa shape index (κ3) is 6.37. The van der Waals surface area contributed by atoms with Crippen LogP contribution >= 0.6 is 23.4 Å². The quantitative estimate of drug-likeness (QED) is 0.290. The number of hydrogen-bond donors (Lipinski definition) is 2. The summed E-state index contributed by atoms with van der Waals surface area (Å²) in [5.74, 6) is -0.827. The van der Waals surface area contributed by atoms with Crippen molar-refractivity contribution in [3.8, 4) is 0 Å². The number of alkyl halides is 3. The van der Waals surface area contributed by atoms with Crippen LogP contribution in [0.15, 0.2) is 59.5 Å². The van der Waals surface area contributed by atoms with Crippen molar-refractivity contribution in [1.82, 2.24) is 10.6 Å². The zero-order chi connectivity index (χ0) is 25.0. The summed E-state index contributed by atoms with van der Waals surface area (Å²) in [6.45, 7) is 1.49. The Morgan fingerprint density at radius 1 is 1.03 bits per heavy atom. The maximum atomic E-state index is 13.3. The Balaban J connectivity index is 1.39. The summed E-state index contributed by atoms with van der Waals surface area (Å²) in [5.41, 5.74) is 2.61. The molecule has 0 aliphatic carbocycles. The highest BCUT2D eigenvalue weighted by Crippen LogP contribution is 2.36. The SMILES string of the molecule is O=C(NCc1ccc(F)cc1C(F)(F)F)c1ccc(CSc2c(Cl)ccc3c2CCNCC3)cc1. The average Bonchev–Trinajstić information content (AvgIpc) is 3.08. The summed E-state index contributed by atoms with van der Waals surface area (Å²) < 4.78 is 52.8. The molecule has 0 saturated heterocycles. The third-order valence-electron chi connectivity index (χ3n) is 5.85. The topological polar surface area (TPSA) is 41.1 Å². The maximum Gasteiger partial charge on any atom is 0.416 e. The molecule has 0 bridgehead atoms. The molecule has 0 aromatic heterocycles. The minimum absolute atomic E-state index is 0.200. The van der Waals surface area contributed by atoms with Crippen LogP contribution in [0.3, 0.4) is 0 Å². The molecule has 0 saturated carbocycles. The molecule has 4 rings (SSSR count). The first-order chi connectivity index (χ1) is 16.7. The molecule has 1 heterocycles. The van der Waals surface area contributed by atoms with Crippen molar-refractivity contribution >= 4 is 29.3 Å². The second-order valence-electron chi connectivity index (χ2n) is 8.23.